The van der Waals surface area contributed by atoms with Gasteiger partial charge in [-0.15, -0.1) is 0 Å². The molecule has 4 aliphatic rings. The molecule has 1 N–H and O–H groups in total. The third-order valence-corrected chi connectivity index (χ3v) is 13.5. The molecule has 50 heavy (non-hydrogen) atoms. The first-order chi connectivity index (χ1) is 24.1. The topological polar surface area (TPSA) is 80.3 Å². The second kappa shape index (κ2) is 17.1. The average Bonchev–Trinajstić information content (AvgIpc) is 3.97. The van der Waals surface area contributed by atoms with Crippen molar-refractivity contribution in [3.63, 3.8) is 0 Å². The van der Waals surface area contributed by atoms with E-state index < -0.39 is 11.0 Å². The summed E-state index contributed by atoms with van der Waals surface area (Å²) in [6, 6.07) is 13.0. The number of nitrogens with one attached hydrogen (secondary N) is 1. The number of benzene rings is 2. The van der Waals surface area contributed by atoms with Crippen LogP contribution in [-0.4, -0.2) is 78.6 Å². The quantitative estimate of drug-likeness (QED) is 0.201. The second-order valence-corrected chi connectivity index (χ2v) is 17.3. The van der Waals surface area contributed by atoms with Gasteiger partial charge in [0.25, 0.3) is 5.91 Å². The Kier molecular flexibility index (Phi) is 12.9. The van der Waals surface area contributed by atoms with Gasteiger partial charge in [-0.2, -0.15) is 0 Å². The molecule has 8 nitrogen and oxygen atoms in total. The summed E-state index contributed by atoms with van der Waals surface area (Å²) in [6.07, 6.45) is 9.64. The van der Waals surface area contributed by atoms with Crippen molar-refractivity contribution in [2.24, 2.45) is 17.8 Å². The zero-order chi connectivity index (χ0) is 35.4. The van der Waals surface area contributed by atoms with Crippen LogP contribution in [0.5, 0.6) is 5.75 Å². The number of carbonyl (C=O) groups is 1. The third-order valence-electron chi connectivity index (χ3n) is 11.8. The Bertz CT molecular complexity index is 1480. The summed E-state index contributed by atoms with van der Waals surface area (Å²) < 4.78 is 35.0. The number of anilines is 1. The summed E-state index contributed by atoms with van der Waals surface area (Å²) in [7, 11) is 0.726. The number of carbonyl (C=O) groups excluding carboxylic acids is 1. The maximum Gasteiger partial charge on any atom is 0.263 e. The monoisotopic (exact) mass is 727 g/mol. The van der Waals surface area contributed by atoms with Crippen LogP contribution >= 0.6 is 11.6 Å². The lowest BCUT2D eigenvalue weighted by Crippen LogP contribution is -2.48. The Morgan fingerprint density at radius 2 is 1.76 bits per heavy atom. The zero-order valence-electron chi connectivity index (χ0n) is 30.7. The predicted octanol–water partition coefficient (Wildman–Crippen LogP) is 7.75. The molecule has 2 aliphatic carbocycles. The van der Waals surface area contributed by atoms with Gasteiger partial charge in [-0.3, -0.25) is 14.4 Å². The number of aryl methyl sites for hydroxylation is 1. The van der Waals surface area contributed by atoms with E-state index in [0.29, 0.717) is 36.1 Å². The van der Waals surface area contributed by atoms with Crippen LogP contribution in [0.1, 0.15) is 106 Å². The van der Waals surface area contributed by atoms with E-state index in [9.17, 15) is 9.00 Å². The van der Waals surface area contributed by atoms with Crippen molar-refractivity contribution < 1.29 is 23.2 Å². The molecule has 2 aromatic carbocycles. The van der Waals surface area contributed by atoms with Crippen LogP contribution in [0, 0.1) is 17.8 Å². The number of nitrogens with zero attached hydrogens (tertiary/aromatic N) is 2. The summed E-state index contributed by atoms with van der Waals surface area (Å²) in [5.41, 5.74) is 3.97. The number of fused-ring (bicyclic) bond motifs is 1. The molecular weight excluding hydrogens is 670 g/mol. The number of likely N-dealkylation sites (N-methyl/N-ethyl adjacent to an activating group) is 1. The van der Waals surface area contributed by atoms with E-state index in [1.165, 1.54) is 30.4 Å². The average molecular weight is 728 g/mol. The molecule has 0 bridgehead atoms. The molecule has 276 valence electrons. The van der Waals surface area contributed by atoms with E-state index in [2.05, 4.69) is 54.5 Å². The summed E-state index contributed by atoms with van der Waals surface area (Å²) in [5, 5.41) is 0.628. The molecule has 0 spiro atoms. The van der Waals surface area contributed by atoms with Crippen molar-refractivity contribution in [3.05, 3.63) is 58.1 Å². The Balaban J connectivity index is 1.19. The Morgan fingerprint density at radius 3 is 2.44 bits per heavy atom. The van der Waals surface area contributed by atoms with E-state index in [0.717, 1.165) is 81.3 Å². The van der Waals surface area contributed by atoms with Crippen LogP contribution in [0.15, 0.2) is 36.4 Å². The van der Waals surface area contributed by atoms with E-state index >= 15 is 0 Å². The normalized spacial score (nSPS) is 27.0. The minimum absolute atomic E-state index is 0.130. The van der Waals surface area contributed by atoms with Gasteiger partial charge < -0.3 is 19.1 Å². The van der Waals surface area contributed by atoms with Crippen molar-refractivity contribution >= 4 is 34.2 Å². The van der Waals surface area contributed by atoms with E-state index in [-0.39, 0.29) is 29.3 Å². The smallest absolute Gasteiger partial charge is 0.263 e. The molecule has 2 saturated carbocycles. The lowest BCUT2D eigenvalue weighted by atomic mass is 9.71. The van der Waals surface area contributed by atoms with Crippen molar-refractivity contribution in [3.8, 4) is 5.75 Å². The highest BCUT2D eigenvalue weighted by atomic mass is 35.5. The molecule has 6 atom stereocenters. The number of hydrogen-bond donors (Lipinski definition) is 1. The fraction of sp³-hybridized carbons (Fsp3) is 0.675. The van der Waals surface area contributed by atoms with Gasteiger partial charge in [0, 0.05) is 42.1 Å². The summed E-state index contributed by atoms with van der Waals surface area (Å²) in [4.78, 5) is 18.4. The van der Waals surface area contributed by atoms with Crippen LogP contribution in [0.25, 0.3) is 0 Å². The van der Waals surface area contributed by atoms with Crippen LogP contribution in [0.4, 0.5) is 5.69 Å². The predicted molar refractivity (Wildman–Crippen MR) is 203 cm³/mol. The van der Waals surface area contributed by atoms with Crippen LogP contribution in [-0.2, 0) is 26.9 Å². The van der Waals surface area contributed by atoms with Crippen LogP contribution in [0.2, 0.25) is 5.02 Å². The first-order valence-corrected chi connectivity index (χ1v) is 20.7. The molecule has 3 fully saturated rings. The van der Waals surface area contributed by atoms with Gasteiger partial charge in [0.1, 0.15) is 16.7 Å². The lowest BCUT2D eigenvalue weighted by Gasteiger charge is -2.43. The Morgan fingerprint density at radius 1 is 1.00 bits per heavy atom. The summed E-state index contributed by atoms with van der Waals surface area (Å²) in [6.45, 7) is 12.0. The minimum atomic E-state index is -1.47. The zero-order valence-corrected chi connectivity index (χ0v) is 32.3. The van der Waals surface area contributed by atoms with Gasteiger partial charge >= 0.3 is 0 Å². The molecule has 6 rings (SSSR count). The third kappa shape index (κ3) is 9.06. The lowest BCUT2D eigenvalue weighted by molar-refractivity contribution is -0.215. The van der Waals surface area contributed by atoms with E-state index in [4.69, 9.17) is 25.8 Å². The van der Waals surface area contributed by atoms with Crippen molar-refractivity contribution in [1.82, 2.24) is 9.62 Å². The summed E-state index contributed by atoms with van der Waals surface area (Å²) >= 11 is 6.47. The standard InChI is InChI=1S/C40H58ClN3O5S/c1-6-8-26(3)27(4)50(46)42-40(45)30-12-17-38-37(19-30)44(22-32(23-47-38)36-16-13-33(41)18-29(36)9-7-2)21-31-11-10-28(31)20-39-48-24-35(25-49-39)43(5)34-14-15-34/h12-13,16-19,26-28,31-32,34-35,39H,6-11,14-15,20-25H2,1-5H3,(H,42,45). The van der Waals surface area contributed by atoms with Gasteiger partial charge in [0.2, 0.25) is 0 Å². The second-order valence-electron chi connectivity index (χ2n) is 15.4. The first-order valence-electron chi connectivity index (χ1n) is 19.1. The highest BCUT2D eigenvalue weighted by molar-refractivity contribution is 7.84. The molecule has 2 aromatic rings. The molecule has 2 aliphatic heterocycles. The molecule has 0 aromatic heterocycles. The van der Waals surface area contributed by atoms with Gasteiger partial charge in [0.05, 0.1) is 36.8 Å². The molecule has 0 radical (unpaired) electrons. The minimum Gasteiger partial charge on any atom is -0.491 e. The van der Waals surface area contributed by atoms with Gasteiger partial charge in [-0.1, -0.05) is 51.3 Å². The molecule has 6 unspecified atom stereocenters. The van der Waals surface area contributed by atoms with Crippen molar-refractivity contribution in [1.29, 1.82) is 0 Å². The number of amides is 1. The SMILES string of the molecule is CCCc1cc(Cl)ccc1C1COc2ccc(C(=O)NS(=O)C(C)C(C)CCC)cc2N(CC2CCC2CC2OCC(N(C)C3CC3)CO2)C1. The fourth-order valence-electron chi connectivity index (χ4n) is 8.00. The number of rotatable bonds is 15. The van der Waals surface area contributed by atoms with Crippen molar-refractivity contribution in [2.75, 3.05) is 44.9 Å². The Labute approximate surface area is 307 Å². The largest absolute Gasteiger partial charge is 0.491 e. The highest BCUT2D eigenvalue weighted by Gasteiger charge is 2.39. The molecule has 2 heterocycles. The van der Waals surface area contributed by atoms with Crippen LogP contribution < -0.4 is 14.4 Å². The Hall–Kier alpha value is -2.17. The number of hydrogen-bond acceptors (Lipinski definition) is 7. The summed E-state index contributed by atoms with van der Waals surface area (Å²) in [5.74, 6) is 1.84. The maximum absolute atomic E-state index is 13.5. The number of halogens is 1. The van der Waals surface area contributed by atoms with Gasteiger partial charge in [-0.25, -0.2) is 4.21 Å². The van der Waals surface area contributed by atoms with Crippen molar-refractivity contribution in [2.45, 2.75) is 115 Å². The van der Waals surface area contributed by atoms with Gasteiger partial charge in [-0.05, 0) is 112 Å². The highest BCUT2D eigenvalue weighted by Crippen LogP contribution is 2.43. The van der Waals surface area contributed by atoms with E-state index in [1.54, 1.807) is 6.07 Å². The first kappa shape index (κ1) is 37.6. The molecule has 1 amide bonds. The maximum atomic E-state index is 13.5. The fourth-order valence-corrected chi connectivity index (χ4v) is 9.24. The van der Waals surface area contributed by atoms with E-state index in [1.807, 2.05) is 25.1 Å². The molecule has 1 saturated heterocycles. The molecule has 10 heteroatoms. The van der Waals surface area contributed by atoms with Crippen LogP contribution in [0.3, 0.4) is 0 Å². The molecular formula is C40H58ClN3O5S. The van der Waals surface area contributed by atoms with Gasteiger partial charge in [0.15, 0.2) is 6.29 Å². The number of ether oxygens (including phenoxy) is 3.